The number of rotatable bonds is 10. The van der Waals surface area contributed by atoms with Crippen LogP contribution in [0.4, 0.5) is 0 Å². The van der Waals surface area contributed by atoms with Crippen molar-refractivity contribution >= 4 is 27.6 Å². The van der Waals surface area contributed by atoms with Crippen LogP contribution < -0.4 is 15.4 Å². The molecule has 45 heavy (non-hydrogen) atoms. The first-order valence-electron chi connectivity index (χ1n) is 15.9. The first-order chi connectivity index (χ1) is 21.5. The Morgan fingerprint density at radius 3 is 2.22 bits per heavy atom. The summed E-state index contributed by atoms with van der Waals surface area (Å²) in [5, 5.41) is 16.6. The number of piperidine rings is 1. The molecule has 0 aromatic heterocycles. The molecule has 3 fully saturated rings. The van der Waals surface area contributed by atoms with E-state index < -0.39 is 27.5 Å². The second-order valence-electron chi connectivity index (χ2n) is 12.4. The fourth-order valence-corrected chi connectivity index (χ4v) is 8.21. The lowest BCUT2D eigenvalue weighted by molar-refractivity contribution is -0.165. The minimum absolute atomic E-state index is 0.00711. The van der Waals surface area contributed by atoms with Crippen molar-refractivity contribution in [1.82, 2.24) is 20.4 Å². The highest BCUT2D eigenvalue weighted by molar-refractivity contribution is 7.91. The number of benzene rings is 2. The molecule has 0 aliphatic carbocycles. The van der Waals surface area contributed by atoms with Crippen LogP contribution in [0.2, 0.25) is 0 Å². The number of aliphatic hydroxyl groups excluding tert-OH is 1. The second-order valence-corrected chi connectivity index (χ2v) is 14.7. The average Bonchev–Trinajstić information content (AvgIpc) is 3.04. The van der Waals surface area contributed by atoms with Gasteiger partial charge in [0, 0.05) is 38.8 Å². The van der Waals surface area contributed by atoms with Gasteiger partial charge in [0.1, 0.15) is 32.9 Å². The van der Waals surface area contributed by atoms with E-state index in [0.29, 0.717) is 56.1 Å². The zero-order chi connectivity index (χ0) is 32.2. The monoisotopic (exact) mass is 640 g/mol. The van der Waals surface area contributed by atoms with Crippen LogP contribution in [0.3, 0.4) is 0 Å². The van der Waals surface area contributed by atoms with Crippen molar-refractivity contribution in [3.8, 4) is 11.5 Å². The molecule has 244 valence electrons. The number of carbonyl (C=O) groups is 3. The topological polar surface area (TPSA) is 145 Å². The smallest absolute Gasteiger partial charge is 0.251 e. The Labute approximate surface area is 265 Å². The maximum Gasteiger partial charge on any atom is 0.251 e. The Morgan fingerprint density at radius 1 is 1.04 bits per heavy atom. The number of amides is 3. The Bertz CT molecular complexity index is 1460. The number of hydrogen-bond donors (Lipinski definition) is 3. The van der Waals surface area contributed by atoms with Crippen molar-refractivity contribution in [2.75, 3.05) is 38.2 Å². The van der Waals surface area contributed by atoms with Crippen molar-refractivity contribution in [2.24, 2.45) is 5.92 Å². The zero-order valence-corrected chi connectivity index (χ0v) is 26.9. The van der Waals surface area contributed by atoms with Gasteiger partial charge in [0.05, 0.1) is 17.6 Å². The van der Waals surface area contributed by atoms with E-state index >= 15 is 0 Å². The third kappa shape index (κ3) is 7.34. The quantitative estimate of drug-likeness (QED) is 0.359. The summed E-state index contributed by atoms with van der Waals surface area (Å²) in [5.41, 5.74) is 0.696. The highest BCUT2D eigenvalue weighted by Crippen LogP contribution is 2.36. The summed E-state index contributed by atoms with van der Waals surface area (Å²) in [7, 11) is -1.52. The fraction of sp³-hybridized carbons (Fsp3) is 0.545. The molecule has 0 unspecified atom stereocenters. The number of nitrogens with one attached hydrogen (secondary N) is 2. The zero-order valence-electron chi connectivity index (χ0n) is 26.0. The maximum absolute atomic E-state index is 13.8. The Balaban J connectivity index is 1.19. The lowest BCUT2D eigenvalue weighted by Crippen LogP contribution is -2.75. The van der Waals surface area contributed by atoms with Crippen LogP contribution in [0.15, 0.2) is 48.5 Å². The largest absolute Gasteiger partial charge is 0.457 e. The highest BCUT2D eigenvalue weighted by Gasteiger charge is 2.55. The van der Waals surface area contributed by atoms with Crippen LogP contribution >= 0.6 is 0 Å². The minimum atomic E-state index is -3.11. The number of sulfone groups is 1. The van der Waals surface area contributed by atoms with Gasteiger partial charge in [-0.25, -0.2) is 8.42 Å². The van der Waals surface area contributed by atoms with Crippen LogP contribution in [-0.4, -0.2) is 96.9 Å². The van der Waals surface area contributed by atoms with E-state index in [0.717, 1.165) is 18.4 Å². The Morgan fingerprint density at radius 2 is 1.64 bits per heavy atom. The third-order valence-electron chi connectivity index (χ3n) is 9.51. The number of hydrogen-bond acceptors (Lipinski definition) is 8. The maximum atomic E-state index is 13.8. The van der Waals surface area contributed by atoms with E-state index in [1.54, 1.807) is 36.2 Å². The number of carbonyl (C=O) groups excluding carboxylic acids is 3. The molecule has 0 saturated carbocycles. The van der Waals surface area contributed by atoms with E-state index in [-0.39, 0.29) is 48.0 Å². The molecular weight excluding hydrogens is 596 g/mol. The van der Waals surface area contributed by atoms with E-state index in [4.69, 9.17) is 4.74 Å². The van der Waals surface area contributed by atoms with Gasteiger partial charge < -0.3 is 25.4 Å². The number of likely N-dealkylation sites (tertiary alicyclic amines) is 1. The molecule has 3 heterocycles. The molecule has 5 rings (SSSR count). The van der Waals surface area contributed by atoms with Crippen LogP contribution in [0.1, 0.15) is 61.4 Å². The van der Waals surface area contributed by atoms with Gasteiger partial charge in [0.15, 0.2) is 0 Å². The molecule has 1 spiro atoms. The van der Waals surface area contributed by atoms with Gasteiger partial charge in [-0.3, -0.25) is 19.3 Å². The number of aliphatic hydroxyl groups is 1. The van der Waals surface area contributed by atoms with Crippen LogP contribution in [0, 0.1) is 5.92 Å². The van der Waals surface area contributed by atoms with E-state index in [1.165, 1.54) is 0 Å². The third-order valence-corrected chi connectivity index (χ3v) is 11.2. The Hall–Kier alpha value is -3.48. The molecule has 2 atom stereocenters. The van der Waals surface area contributed by atoms with Crippen LogP contribution in [-0.2, 0) is 26.0 Å². The lowest BCUT2D eigenvalue weighted by atomic mass is 9.79. The summed E-state index contributed by atoms with van der Waals surface area (Å²) in [5.74, 6) is 0.299. The minimum Gasteiger partial charge on any atom is -0.457 e. The standard InChI is InChI=1S/C33H44N4O7S/c1-3-4-17-37-31(40)28(29(38)24-13-20-45(42,43)21-14-24)35-32(41)33(37)15-18-36(19-16-33)22-23-5-9-26(10-6-23)44-27-11-7-25(8-12-27)30(39)34-2/h5-12,24,28-29,38H,3-4,13-22H2,1-2H3,(H,34,39)(H,35,41)/t28-,29-/m1/s1. The lowest BCUT2D eigenvalue weighted by Gasteiger charge is -2.52. The first-order valence-corrected chi connectivity index (χ1v) is 17.7. The second kappa shape index (κ2) is 13.9. The molecular formula is C33H44N4O7S. The Kier molecular flexibility index (Phi) is 10.1. The summed E-state index contributed by atoms with van der Waals surface area (Å²) in [6.45, 7) is 4.44. The van der Waals surface area contributed by atoms with E-state index in [1.807, 2.05) is 31.2 Å². The molecule has 12 heteroatoms. The fourth-order valence-electron chi connectivity index (χ4n) is 6.69. The molecule has 3 aliphatic heterocycles. The normalized spacial score (nSPS) is 22.6. The molecule has 2 aromatic carbocycles. The van der Waals surface area contributed by atoms with Gasteiger partial charge in [0.25, 0.3) is 5.91 Å². The number of piperazine rings is 1. The van der Waals surface area contributed by atoms with Crippen molar-refractivity contribution in [2.45, 2.75) is 69.7 Å². The number of nitrogens with zero attached hydrogens (tertiary/aromatic N) is 2. The van der Waals surface area contributed by atoms with Gasteiger partial charge in [-0.15, -0.1) is 0 Å². The van der Waals surface area contributed by atoms with E-state index in [2.05, 4.69) is 15.5 Å². The van der Waals surface area contributed by atoms with Crippen LogP contribution in [0.5, 0.6) is 11.5 Å². The molecule has 3 aliphatic rings. The van der Waals surface area contributed by atoms with Gasteiger partial charge in [-0.05, 0) is 80.0 Å². The highest BCUT2D eigenvalue weighted by atomic mass is 32.2. The van der Waals surface area contributed by atoms with Crippen molar-refractivity contribution < 1.29 is 32.6 Å². The van der Waals surface area contributed by atoms with Gasteiger partial charge in [-0.1, -0.05) is 25.5 Å². The van der Waals surface area contributed by atoms with E-state index in [9.17, 15) is 27.9 Å². The molecule has 3 amide bonds. The summed E-state index contributed by atoms with van der Waals surface area (Å²) in [4.78, 5) is 43.3. The number of ether oxygens (including phenoxy) is 1. The summed E-state index contributed by atoms with van der Waals surface area (Å²) < 4.78 is 29.7. The van der Waals surface area contributed by atoms with Crippen molar-refractivity contribution in [1.29, 1.82) is 0 Å². The summed E-state index contributed by atoms with van der Waals surface area (Å²) in [6, 6.07) is 13.7. The predicted octanol–water partition coefficient (Wildman–Crippen LogP) is 2.49. The van der Waals surface area contributed by atoms with Gasteiger partial charge >= 0.3 is 0 Å². The first kappa shape index (κ1) is 32.9. The van der Waals surface area contributed by atoms with Crippen molar-refractivity contribution in [3.63, 3.8) is 0 Å². The molecule has 0 radical (unpaired) electrons. The molecule has 11 nitrogen and oxygen atoms in total. The molecule has 3 N–H and O–H groups in total. The average molecular weight is 641 g/mol. The SMILES string of the molecule is CCCCN1C(=O)[C@@H]([C@H](O)C2CCS(=O)(=O)CC2)NC(=O)C12CCN(Cc1ccc(Oc3ccc(C(=O)NC)cc3)cc1)CC2. The van der Waals surface area contributed by atoms with Crippen molar-refractivity contribution in [3.05, 3.63) is 59.7 Å². The van der Waals surface area contributed by atoms with Crippen LogP contribution in [0.25, 0.3) is 0 Å². The number of unbranched alkanes of at least 4 members (excludes halogenated alkanes) is 1. The molecule has 2 aromatic rings. The summed E-state index contributed by atoms with van der Waals surface area (Å²) >= 11 is 0. The molecule has 0 bridgehead atoms. The summed E-state index contributed by atoms with van der Waals surface area (Å²) in [6.07, 6.45) is 2.06. The van der Waals surface area contributed by atoms with Gasteiger partial charge in [-0.2, -0.15) is 0 Å². The molecule has 3 saturated heterocycles. The van der Waals surface area contributed by atoms with Gasteiger partial charge in [0.2, 0.25) is 11.8 Å². The predicted molar refractivity (Wildman–Crippen MR) is 170 cm³/mol.